The van der Waals surface area contributed by atoms with E-state index in [1.165, 1.54) is 4.88 Å². The van der Waals surface area contributed by atoms with Gasteiger partial charge < -0.3 is 10.4 Å². The highest BCUT2D eigenvalue weighted by Gasteiger charge is 2.33. The molecular weight excluding hydrogens is 358 g/mol. The molecular formula is C21H27N3O2S. The molecule has 0 saturated heterocycles. The average molecular weight is 386 g/mol. The summed E-state index contributed by atoms with van der Waals surface area (Å²) in [4.78, 5) is 14.2. The second kappa shape index (κ2) is 7.84. The van der Waals surface area contributed by atoms with Gasteiger partial charge in [-0.25, -0.2) is 4.79 Å². The molecule has 0 spiro atoms. The molecule has 0 aliphatic heterocycles. The summed E-state index contributed by atoms with van der Waals surface area (Å²) >= 11 is 1.62. The summed E-state index contributed by atoms with van der Waals surface area (Å²) in [5.74, 6) is 4.74. The number of carboxylic acid groups (broad SMARTS) is 1. The fourth-order valence-electron chi connectivity index (χ4n) is 3.71. The minimum atomic E-state index is -0.847. The monoisotopic (exact) mass is 385 g/mol. The third kappa shape index (κ3) is 4.08. The Kier molecular flexibility index (Phi) is 5.69. The Hall–Kier alpha value is -2.15. The number of aryl methyl sites for hydroxylation is 1. The van der Waals surface area contributed by atoms with Gasteiger partial charge in [0.1, 0.15) is 0 Å². The van der Waals surface area contributed by atoms with Crippen LogP contribution in [0.3, 0.4) is 0 Å². The van der Waals surface area contributed by atoms with E-state index >= 15 is 0 Å². The predicted octanol–water partition coefficient (Wildman–Crippen LogP) is 4.19. The van der Waals surface area contributed by atoms with Crippen LogP contribution in [0.2, 0.25) is 0 Å². The molecule has 0 bridgehead atoms. The van der Waals surface area contributed by atoms with Crippen molar-refractivity contribution in [2.24, 2.45) is 11.3 Å². The number of carboxylic acids is 1. The zero-order valence-corrected chi connectivity index (χ0v) is 16.7. The highest BCUT2D eigenvalue weighted by atomic mass is 32.1. The maximum atomic E-state index is 12.2. The van der Waals surface area contributed by atoms with Gasteiger partial charge in [-0.05, 0) is 53.5 Å². The van der Waals surface area contributed by atoms with Crippen LogP contribution in [0.4, 0.5) is 5.69 Å². The van der Waals surface area contributed by atoms with Crippen molar-refractivity contribution in [3.8, 4) is 10.4 Å². The number of hydrogen-bond donors (Lipinski definition) is 4. The number of aromatic carboxylic acids is 1. The quantitative estimate of drug-likeness (QED) is 0.326. The Bertz CT molecular complexity index is 871. The van der Waals surface area contributed by atoms with Crippen molar-refractivity contribution in [1.82, 2.24) is 5.43 Å². The Labute approximate surface area is 164 Å². The first-order chi connectivity index (χ1) is 12.9. The zero-order chi connectivity index (χ0) is 19.6. The molecule has 1 heterocycles. The highest BCUT2D eigenvalue weighted by molar-refractivity contribution is 7.16. The first-order valence-electron chi connectivity index (χ1n) is 9.15. The number of nitrogens with one attached hydrogen (secondary N) is 2. The molecule has 3 rings (SSSR count). The van der Waals surface area contributed by atoms with Crippen molar-refractivity contribution < 1.29 is 9.90 Å². The van der Waals surface area contributed by atoms with Gasteiger partial charge in [0.05, 0.1) is 5.56 Å². The first kappa shape index (κ1) is 19.6. The van der Waals surface area contributed by atoms with Gasteiger partial charge in [-0.1, -0.05) is 26.0 Å². The van der Waals surface area contributed by atoms with E-state index in [0.717, 1.165) is 46.5 Å². The molecule has 0 radical (unpaired) electrons. The Morgan fingerprint density at radius 3 is 2.89 bits per heavy atom. The van der Waals surface area contributed by atoms with E-state index in [0.29, 0.717) is 18.7 Å². The largest absolute Gasteiger partial charge is 0.478 e. The maximum Gasteiger partial charge on any atom is 0.337 e. The summed E-state index contributed by atoms with van der Waals surface area (Å²) in [5.41, 5.74) is 7.20. The van der Waals surface area contributed by atoms with Crippen LogP contribution in [0.1, 0.15) is 46.6 Å². The predicted molar refractivity (Wildman–Crippen MR) is 112 cm³/mol. The molecule has 0 amide bonds. The number of thiophene rings is 1. The van der Waals surface area contributed by atoms with Crippen molar-refractivity contribution in [2.75, 3.05) is 11.9 Å². The molecule has 0 saturated carbocycles. The number of nitrogens with two attached hydrogens (primary N) is 1. The van der Waals surface area contributed by atoms with Crippen LogP contribution in [0.25, 0.3) is 10.4 Å². The van der Waals surface area contributed by atoms with E-state index in [1.807, 2.05) is 18.2 Å². The Morgan fingerprint density at radius 2 is 2.22 bits per heavy atom. The SMILES string of the molecule is C=CCNc1ccc(-c2sc3c(c2C(=O)O)CC(C)(C)CC3)c(CNN)c1. The second-order valence-electron chi connectivity index (χ2n) is 7.78. The molecule has 144 valence electrons. The number of carbonyl (C=O) groups is 1. The van der Waals surface area contributed by atoms with Gasteiger partial charge in [-0.3, -0.25) is 11.3 Å². The Morgan fingerprint density at radius 1 is 1.44 bits per heavy atom. The third-order valence-corrected chi connectivity index (χ3v) is 6.41. The van der Waals surface area contributed by atoms with Gasteiger partial charge in [0.2, 0.25) is 0 Å². The summed E-state index contributed by atoms with van der Waals surface area (Å²) < 4.78 is 0. The summed E-state index contributed by atoms with van der Waals surface area (Å²) in [6.45, 7) is 9.27. The molecule has 2 aromatic rings. The third-order valence-electron chi connectivity index (χ3n) is 5.08. The molecule has 5 nitrogen and oxygen atoms in total. The lowest BCUT2D eigenvalue weighted by Gasteiger charge is -2.29. The molecule has 0 atom stereocenters. The summed E-state index contributed by atoms with van der Waals surface area (Å²) in [5, 5.41) is 13.2. The van der Waals surface area contributed by atoms with Crippen LogP contribution in [0, 0.1) is 5.41 Å². The molecule has 0 unspecified atom stereocenters. The van der Waals surface area contributed by atoms with Crippen LogP contribution in [-0.4, -0.2) is 17.6 Å². The van der Waals surface area contributed by atoms with Gasteiger partial charge in [0.15, 0.2) is 0 Å². The van der Waals surface area contributed by atoms with Crippen molar-refractivity contribution in [2.45, 2.75) is 39.7 Å². The van der Waals surface area contributed by atoms with Crippen molar-refractivity contribution in [3.05, 3.63) is 52.4 Å². The molecule has 6 heteroatoms. The average Bonchev–Trinajstić information content (AvgIpc) is 2.97. The van der Waals surface area contributed by atoms with Crippen LogP contribution >= 0.6 is 11.3 Å². The lowest BCUT2D eigenvalue weighted by Crippen LogP contribution is -2.22. The topological polar surface area (TPSA) is 87.4 Å². The number of fused-ring (bicyclic) bond motifs is 1. The van der Waals surface area contributed by atoms with E-state index in [-0.39, 0.29) is 5.41 Å². The maximum absolute atomic E-state index is 12.2. The number of rotatable bonds is 7. The van der Waals surface area contributed by atoms with Crippen molar-refractivity contribution >= 4 is 23.0 Å². The number of anilines is 1. The minimum Gasteiger partial charge on any atom is -0.478 e. The number of hydrogen-bond acceptors (Lipinski definition) is 5. The molecule has 1 aliphatic carbocycles. The van der Waals surface area contributed by atoms with Crippen molar-refractivity contribution in [1.29, 1.82) is 0 Å². The fraction of sp³-hybridized carbons (Fsp3) is 0.381. The number of benzene rings is 1. The van der Waals surface area contributed by atoms with Crippen LogP contribution in [0.15, 0.2) is 30.9 Å². The minimum absolute atomic E-state index is 0.135. The molecule has 0 fully saturated rings. The van der Waals surface area contributed by atoms with Crippen molar-refractivity contribution in [3.63, 3.8) is 0 Å². The van der Waals surface area contributed by atoms with E-state index in [9.17, 15) is 9.90 Å². The zero-order valence-electron chi connectivity index (χ0n) is 15.9. The summed E-state index contributed by atoms with van der Waals surface area (Å²) in [6, 6.07) is 5.99. The van der Waals surface area contributed by atoms with E-state index in [4.69, 9.17) is 5.84 Å². The summed E-state index contributed by atoms with van der Waals surface area (Å²) in [7, 11) is 0. The molecule has 1 aliphatic rings. The van der Waals surface area contributed by atoms with Gasteiger partial charge in [-0.2, -0.15) is 0 Å². The molecule has 5 N–H and O–H groups in total. The fourth-order valence-corrected chi connectivity index (χ4v) is 5.08. The van der Waals surface area contributed by atoms with Gasteiger partial charge in [-0.15, -0.1) is 17.9 Å². The van der Waals surface area contributed by atoms with E-state index < -0.39 is 5.97 Å². The van der Waals surface area contributed by atoms with Crippen LogP contribution < -0.4 is 16.6 Å². The van der Waals surface area contributed by atoms with E-state index in [1.54, 1.807) is 17.4 Å². The van der Waals surface area contributed by atoms with Gasteiger partial charge in [0.25, 0.3) is 0 Å². The smallest absolute Gasteiger partial charge is 0.337 e. The molecule has 1 aromatic carbocycles. The van der Waals surface area contributed by atoms with Gasteiger partial charge in [0, 0.05) is 28.5 Å². The lowest BCUT2D eigenvalue weighted by atomic mass is 9.76. The highest BCUT2D eigenvalue weighted by Crippen LogP contribution is 2.46. The van der Waals surface area contributed by atoms with Crippen LogP contribution in [0.5, 0.6) is 0 Å². The Balaban J connectivity index is 2.12. The first-order valence-corrected chi connectivity index (χ1v) is 9.97. The van der Waals surface area contributed by atoms with E-state index in [2.05, 4.69) is 31.2 Å². The van der Waals surface area contributed by atoms with Crippen LogP contribution in [-0.2, 0) is 19.4 Å². The standard InChI is InChI=1S/C21H27N3O2S/c1-4-9-23-14-5-6-15(13(10-14)12-24-22)19-18(20(25)26)16-11-21(2,3)8-7-17(16)27-19/h4-6,10,23-24H,1,7-9,11-12,22H2,2-3H3,(H,25,26). The molecule has 27 heavy (non-hydrogen) atoms. The lowest BCUT2D eigenvalue weighted by molar-refractivity contribution is 0.0696. The number of hydrazine groups is 1. The normalized spacial score (nSPS) is 15.2. The van der Waals surface area contributed by atoms with Gasteiger partial charge >= 0.3 is 5.97 Å². The second-order valence-corrected chi connectivity index (χ2v) is 8.88. The molecule has 1 aromatic heterocycles. The summed E-state index contributed by atoms with van der Waals surface area (Å²) in [6.07, 6.45) is 4.63.